The summed E-state index contributed by atoms with van der Waals surface area (Å²) in [7, 11) is -0.782. The second-order valence-electron chi connectivity index (χ2n) is 5.23. The summed E-state index contributed by atoms with van der Waals surface area (Å²) in [5, 5.41) is 2.56. The van der Waals surface area contributed by atoms with Crippen molar-refractivity contribution in [2.75, 3.05) is 0 Å². The van der Waals surface area contributed by atoms with Crippen LogP contribution in [0.1, 0.15) is 5.56 Å². The molecule has 0 spiro atoms. The quantitative estimate of drug-likeness (QED) is 0.603. The lowest BCUT2D eigenvalue weighted by Crippen LogP contribution is -2.21. The number of fused-ring (bicyclic) bond motifs is 3. The Morgan fingerprint density at radius 2 is 1.38 bits per heavy atom. The lowest BCUT2D eigenvalue weighted by atomic mass is 10.0. The molecule has 1 atom stereocenters. The Kier molecular flexibility index (Phi) is 3.02. The van der Waals surface area contributed by atoms with Crippen molar-refractivity contribution in [1.29, 1.82) is 0 Å². The third-order valence-corrected chi connectivity index (χ3v) is 5.73. The van der Waals surface area contributed by atoms with E-state index in [2.05, 4.69) is 73.7 Å². The molecule has 21 heavy (non-hydrogen) atoms. The molecular formula is C19H15OP. The van der Waals surface area contributed by atoms with Crippen LogP contribution in [0.2, 0.25) is 0 Å². The monoisotopic (exact) mass is 290 g/mol. The van der Waals surface area contributed by atoms with Crippen LogP contribution in [0.25, 0.3) is 11.1 Å². The highest BCUT2D eigenvalue weighted by Crippen LogP contribution is 2.47. The topological polar surface area (TPSA) is 9.23 Å². The van der Waals surface area contributed by atoms with E-state index in [0.717, 1.165) is 5.75 Å². The van der Waals surface area contributed by atoms with E-state index in [1.165, 1.54) is 27.3 Å². The second kappa shape index (κ2) is 5.02. The van der Waals surface area contributed by atoms with E-state index < -0.39 is 8.15 Å². The molecule has 0 bridgehead atoms. The molecule has 3 aromatic carbocycles. The van der Waals surface area contributed by atoms with Gasteiger partial charge in [-0.2, -0.15) is 0 Å². The minimum Gasteiger partial charge on any atom is -0.464 e. The van der Waals surface area contributed by atoms with Crippen molar-refractivity contribution in [3.05, 3.63) is 78.4 Å². The minimum absolute atomic E-state index is 0.782. The van der Waals surface area contributed by atoms with E-state index in [0.29, 0.717) is 0 Å². The Morgan fingerprint density at radius 1 is 0.714 bits per heavy atom. The fourth-order valence-corrected chi connectivity index (χ4v) is 4.56. The molecule has 1 aliphatic rings. The summed E-state index contributed by atoms with van der Waals surface area (Å²) >= 11 is 0. The molecule has 0 aliphatic carbocycles. The molecular weight excluding hydrogens is 275 g/mol. The van der Waals surface area contributed by atoms with Crippen molar-refractivity contribution in [2.45, 2.75) is 6.92 Å². The van der Waals surface area contributed by atoms with Gasteiger partial charge in [0.1, 0.15) is 5.75 Å². The van der Waals surface area contributed by atoms with Crippen LogP contribution >= 0.6 is 8.15 Å². The normalized spacial score (nSPS) is 15.8. The summed E-state index contributed by atoms with van der Waals surface area (Å²) in [6, 6.07) is 25.6. The van der Waals surface area contributed by atoms with Gasteiger partial charge in [0.2, 0.25) is 0 Å². The average Bonchev–Trinajstić information content (AvgIpc) is 2.55. The molecule has 2 heteroatoms. The first-order valence-electron chi connectivity index (χ1n) is 7.06. The zero-order valence-electron chi connectivity index (χ0n) is 11.8. The van der Waals surface area contributed by atoms with E-state index in [-0.39, 0.29) is 0 Å². The number of rotatable bonds is 1. The SMILES string of the molecule is Cc1ccc(P2Oc3ccccc3-c3ccccc32)cc1. The summed E-state index contributed by atoms with van der Waals surface area (Å²) in [4.78, 5) is 0. The lowest BCUT2D eigenvalue weighted by Gasteiger charge is -2.28. The number of para-hydroxylation sites is 1. The molecule has 0 radical (unpaired) electrons. The molecule has 0 amide bonds. The van der Waals surface area contributed by atoms with Crippen LogP contribution in [0, 0.1) is 6.92 Å². The third kappa shape index (κ3) is 2.14. The van der Waals surface area contributed by atoms with Crippen LogP contribution in [-0.2, 0) is 0 Å². The number of hydrogen-bond acceptors (Lipinski definition) is 1. The highest BCUT2D eigenvalue weighted by molar-refractivity contribution is 7.69. The first-order chi connectivity index (χ1) is 10.3. The molecule has 4 rings (SSSR count). The van der Waals surface area contributed by atoms with Crippen molar-refractivity contribution in [2.24, 2.45) is 0 Å². The number of hydrogen-bond donors (Lipinski definition) is 0. The van der Waals surface area contributed by atoms with Gasteiger partial charge in [-0.3, -0.25) is 0 Å². The predicted molar refractivity (Wildman–Crippen MR) is 89.9 cm³/mol. The van der Waals surface area contributed by atoms with Gasteiger partial charge in [-0.05, 0) is 18.6 Å². The van der Waals surface area contributed by atoms with E-state index in [1.807, 2.05) is 6.07 Å². The predicted octanol–water partition coefficient (Wildman–Crippen LogP) is 4.40. The maximum absolute atomic E-state index is 6.35. The van der Waals surface area contributed by atoms with Gasteiger partial charge in [0, 0.05) is 16.2 Å². The molecule has 0 saturated heterocycles. The lowest BCUT2D eigenvalue weighted by molar-refractivity contribution is 0.629. The summed E-state index contributed by atoms with van der Waals surface area (Å²) in [6.45, 7) is 2.11. The molecule has 3 aromatic rings. The maximum Gasteiger partial charge on any atom is 0.151 e. The van der Waals surface area contributed by atoms with Crippen LogP contribution in [0.5, 0.6) is 5.75 Å². The first-order valence-corrected chi connectivity index (χ1v) is 8.32. The van der Waals surface area contributed by atoms with Crippen molar-refractivity contribution in [3.63, 3.8) is 0 Å². The number of benzene rings is 3. The van der Waals surface area contributed by atoms with Crippen LogP contribution in [-0.4, -0.2) is 0 Å². The van der Waals surface area contributed by atoms with Gasteiger partial charge in [-0.15, -0.1) is 0 Å². The van der Waals surface area contributed by atoms with Crippen molar-refractivity contribution in [1.82, 2.24) is 0 Å². The minimum atomic E-state index is -0.782. The maximum atomic E-state index is 6.35. The molecule has 1 nitrogen and oxygen atoms in total. The average molecular weight is 290 g/mol. The van der Waals surface area contributed by atoms with Gasteiger partial charge in [0.05, 0.1) is 0 Å². The molecule has 1 unspecified atom stereocenters. The zero-order valence-corrected chi connectivity index (χ0v) is 12.7. The Morgan fingerprint density at radius 3 is 2.19 bits per heavy atom. The van der Waals surface area contributed by atoms with Gasteiger partial charge >= 0.3 is 0 Å². The van der Waals surface area contributed by atoms with E-state index in [1.54, 1.807) is 0 Å². The zero-order chi connectivity index (χ0) is 14.2. The highest BCUT2D eigenvalue weighted by Gasteiger charge is 2.27. The van der Waals surface area contributed by atoms with Gasteiger partial charge in [-0.25, -0.2) is 0 Å². The molecule has 0 aromatic heterocycles. The van der Waals surface area contributed by atoms with Crippen molar-refractivity contribution in [3.8, 4) is 16.9 Å². The Balaban J connectivity index is 1.90. The third-order valence-electron chi connectivity index (χ3n) is 3.76. The van der Waals surface area contributed by atoms with Crippen LogP contribution < -0.4 is 15.1 Å². The van der Waals surface area contributed by atoms with E-state index >= 15 is 0 Å². The van der Waals surface area contributed by atoms with Crippen LogP contribution in [0.3, 0.4) is 0 Å². The first kappa shape index (κ1) is 12.6. The summed E-state index contributed by atoms with van der Waals surface area (Å²) in [6.07, 6.45) is 0. The Hall–Kier alpha value is -2.11. The van der Waals surface area contributed by atoms with Crippen LogP contribution in [0.15, 0.2) is 72.8 Å². The molecule has 0 N–H and O–H groups in total. The van der Waals surface area contributed by atoms with Gasteiger partial charge in [-0.1, -0.05) is 72.3 Å². The standard InChI is InChI=1S/C19H15OP/c1-14-10-12-15(13-11-14)21-19-9-5-3-7-17(19)16-6-2-4-8-18(16)20-21/h2-13H,1H3. The second-order valence-corrected chi connectivity index (χ2v) is 7.00. The van der Waals surface area contributed by atoms with Gasteiger partial charge < -0.3 is 4.52 Å². The summed E-state index contributed by atoms with van der Waals surface area (Å²) < 4.78 is 6.35. The van der Waals surface area contributed by atoms with Gasteiger partial charge in [0.25, 0.3) is 0 Å². The van der Waals surface area contributed by atoms with E-state index in [4.69, 9.17) is 4.52 Å². The molecule has 0 saturated carbocycles. The highest BCUT2D eigenvalue weighted by atomic mass is 31.1. The Labute approximate surface area is 126 Å². The molecule has 1 aliphatic heterocycles. The van der Waals surface area contributed by atoms with Crippen molar-refractivity contribution < 1.29 is 4.52 Å². The fourth-order valence-electron chi connectivity index (χ4n) is 2.67. The molecule has 102 valence electrons. The van der Waals surface area contributed by atoms with E-state index in [9.17, 15) is 0 Å². The summed E-state index contributed by atoms with van der Waals surface area (Å²) in [5.74, 6) is 0.989. The summed E-state index contributed by atoms with van der Waals surface area (Å²) in [5.41, 5.74) is 3.77. The van der Waals surface area contributed by atoms with Crippen LogP contribution in [0.4, 0.5) is 0 Å². The Bertz CT molecular complexity index is 793. The largest absolute Gasteiger partial charge is 0.464 e. The molecule has 1 heterocycles. The molecule has 0 fully saturated rings. The smallest absolute Gasteiger partial charge is 0.151 e. The van der Waals surface area contributed by atoms with Gasteiger partial charge in [0.15, 0.2) is 8.15 Å². The number of aryl methyl sites for hydroxylation is 1. The fraction of sp³-hybridized carbons (Fsp3) is 0.0526. The van der Waals surface area contributed by atoms with Crippen molar-refractivity contribution >= 4 is 18.8 Å².